The summed E-state index contributed by atoms with van der Waals surface area (Å²) in [6, 6.07) is 13.4. The summed E-state index contributed by atoms with van der Waals surface area (Å²) in [7, 11) is 0. The van der Waals surface area contributed by atoms with E-state index in [4.69, 9.17) is 14.2 Å². The van der Waals surface area contributed by atoms with Gasteiger partial charge in [-0.15, -0.1) is 0 Å². The highest BCUT2D eigenvalue weighted by molar-refractivity contribution is 5.94. The lowest BCUT2D eigenvalue weighted by molar-refractivity contribution is -0.120. The molecule has 1 fully saturated rings. The Bertz CT molecular complexity index is 865. The number of piperazine rings is 1. The first-order valence-corrected chi connectivity index (χ1v) is 10.1. The monoisotopic (exact) mass is 397 g/mol. The highest BCUT2D eigenvalue weighted by atomic mass is 16.7. The smallest absolute Gasteiger partial charge is 0.241 e. The molecule has 1 atom stereocenters. The molecule has 1 amide bonds. The van der Waals surface area contributed by atoms with Crippen LogP contribution in [0.25, 0.3) is 0 Å². The molecule has 0 aliphatic carbocycles. The first-order valence-electron chi connectivity index (χ1n) is 10.1. The molecule has 0 radical (unpaired) electrons. The maximum absolute atomic E-state index is 12.7. The van der Waals surface area contributed by atoms with E-state index >= 15 is 0 Å². The number of para-hydroxylation sites is 2. The Morgan fingerprint density at radius 3 is 2.66 bits per heavy atom. The minimum absolute atomic E-state index is 0.0213. The van der Waals surface area contributed by atoms with Crippen LogP contribution in [0.5, 0.6) is 17.2 Å². The average Bonchev–Trinajstić information content (AvgIpc) is 3.22. The van der Waals surface area contributed by atoms with E-state index in [1.807, 2.05) is 44.2 Å². The third kappa shape index (κ3) is 4.24. The van der Waals surface area contributed by atoms with Crippen LogP contribution in [-0.2, 0) is 4.79 Å². The molecule has 2 aliphatic heterocycles. The molecule has 4 rings (SSSR count). The lowest BCUT2D eigenvalue weighted by Crippen LogP contribution is -2.52. The van der Waals surface area contributed by atoms with E-state index in [-0.39, 0.29) is 18.7 Å². The van der Waals surface area contributed by atoms with E-state index in [9.17, 15) is 4.79 Å². The standard InChI is InChI=1S/C22H27N3O4/c1-3-27-19-7-5-4-6-18(19)25-12-10-24(11-13-25)16(2)22(26)23-17-8-9-20-21(14-17)29-15-28-20/h4-9,14,16H,3,10-13,15H2,1-2H3,(H,23,26)/t16-/m1/s1. The van der Waals surface area contributed by atoms with E-state index in [0.717, 1.165) is 43.3 Å². The van der Waals surface area contributed by atoms with Gasteiger partial charge in [-0.3, -0.25) is 9.69 Å². The number of nitrogens with zero attached hydrogens (tertiary/aromatic N) is 2. The van der Waals surface area contributed by atoms with Crippen molar-refractivity contribution >= 4 is 17.3 Å². The minimum atomic E-state index is -0.218. The second-order valence-corrected chi connectivity index (χ2v) is 7.16. The maximum Gasteiger partial charge on any atom is 0.241 e. The van der Waals surface area contributed by atoms with Crippen LogP contribution in [0.15, 0.2) is 42.5 Å². The molecule has 1 saturated heterocycles. The molecule has 29 heavy (non-hydrogen) atoms. The second kappa shape index (κ2) is 8.61. The highest BCUT2D eigenvalue weighted by Gasteiger charge is 2.27. The van der Waals surface area contributed by atoms with Crippen LogP contribution < -0.4 is 24.4 Å². The van der Waals surface area contributed by atoms with Crippen LogP contribution in [0.3, 0.4) is 0 Å². The molecule has 2 aromatic carbocycles. The minimum Gasteiger partial charge on any atom is -0.492 e. The lowest BCUT2D eigenvalue weighted by atomic mass is 10.2. The Labute approximate surface area is 171 Å². The molecular weight excluding hydrogens is 370 g/mol. The summed E-state index contributed by atoms with van der Waals surface area (Å²) in [5.41, 5.74) is 1.84. The summed E-state index contributed by atoms with van der Waals surface area (Å²) >= 11 is 0. The fraction of sp³-hybridized carbons (Fsp3) is 0.409. The molecule has 0 aromatic heterocycles. The number of nitrogens with one attached hydrogen (secondary N) is 1. The van der Waals surface area contributed by atoms with Crippen LogP contribution >= 0.6 is 0 Å². The Hall–Kier alpha value is -2.93. The summed E-state index contributed by atoms with van der Waals surface area (Å²) in [6.45, 7) is 8.15. The van der Waals surface area contributed by atoms with Crippen LogP contribution in [0.4, 0.5) is 11.4 Å². The van der Waals surface area contributed by atoms with E-state index in [0.29, 0.717) is 18.1 Å². The number of anilines is 2. The van der Waals surface area contributed by atoms with Gasteiger partial charge in [-0.05, 0) is 38.1 Å². The van der Waals surface area contributed by atoms with Gasteiger partial charge in [0.25, 0.3) is 0 Å². The molecule has 2 aromatic rings. The number of hydrogen-bond acceptors (Lipinski definition) is 6. The quantitative estimate of drug-likeness (QED) is 0.809. The molecule has 7 nitrogen and oxygen atoms in total. The first-order chi connectivity index (χ1) is 14.2. The van der Waals surface area contributed by atoms with Crippen molar-refractivity contribution in [2.24, 2.45) is 0 Å². The van der Waals surface area contributed by atoms with Gasteiger partial charge in [-0.1, -0.05) is 12.1 Å². The number of ether oxygens (including phenoxy) is 3. The Balaban J connectivity index is 1.34. The Morgan fingerprint density at radius 2 is 1.86 bits per heavy atom. The van der Waals surface area contributed by atoms with Gasteiger partial charge in [0.1, 0.15) is 5.75 Å². The number of carbonyl (C=O) groups is 1. The van der Waals surface area contributed by atoms with Crippen LogP contribution in [-0.4, -0.2) is 56.4 Å². The largest absolute Gasteiger partial charge is 0.492 e. The zero-order valence-corrected chi connectivity index (χ0v) is 16.9. The highest BCUT2D eigenvalue weighted by Crippen LogP contribution is 2.34. The van der Waals surface area contributed by atoms with Crippen molar-refractivity contribution in [1.82, 2.24) is 4.90 Å². The molecule has 1 N–H and O–H groups in total. The number of fused-ring (bicyclic) bond motifs is 1. The van der Waals surface area contributed by atoms with Gasteiger partial charge >= 0.3 is 0 Å². The van der Waals surface area contributed by atoms with Crippen molar-refractivity contribution in [3.63, 3.8) is 0 Å². The van der Waals surface area contributed by atoms with Crippen molar-refractivity contribution in [1.29, 1.82) is 0 Å². The first kappa shape index (κ1) is 19.4. The number of benzene rings is 2. The number of amides is 1. The topological polar surface area (TPSA) is 63.3 Å². The summed E-state index contributed by atoms with van der Waals surface area (Å²) in [5, 5.41) is 2.99. The number of rotatable bonds is 6. The van der Waals surface area contributed by atoms with Crippen LogP contribution in [0, 0.1) is 0 Å². The fourth-order valence-electron chi connectivity index (χ4n) is 3.73. The third-order valence-electron chi connectivity index (χ3n) is 5.39. The van der Waals surface area contributed by atoms with Gasteiger partial charge in [0.05, 0.1) is 18.3 Å². The van der Waals surface area contributed by atoms with E-state index < -0.39 is 0 Å². The second-order valence-electron chi connectivity index (χ2n) is 7.16. The summed E-state index contributed by atoms with van der Waals surface area (Å²) < 4.78 is 16.5. The van der Waals surface area contributed by atoms with Gasteiger partial charge in [-0.25, -0.2) is 0 Å². The predicted molar refractivity (Wildman–Crippen MR) is 112 cm³/mol. The molecule has 0 saturated carbocycles. The normalized spacial score (nSPS) is 17.1. The van der Waals surface area contributed by atoms with Crippen LogP contribution in [0.1, 0.15) is 13.8 Å². The number of hydrogen-bond donors (Lipinski definition) is 1. The molecule has 0 bridgehead atoms. The molecule has 7 heteroatoms. The van der Waals surface area contributed by atoms with Gasteiger partial charge in [-0.2, -0.15) is 0 Å². The zero-order chi connectivity index (χ0) is 20.2. The molecule has 154 valence electrons. The van der Waals surface area contributed by atoms with Crippen molar-refractivity contribution in [2.75, 3.05) is 49.8 Å². The van der Waals surface area contributed by atoms with Gasteiger partial charge in [0.15, 0.2) is 11.5 Å². The van der Waals surface area contributed by atoms with Gasteiger partial charge < -0.3 is 24.4 Å². The Morgan fingerprint density at radius 1 is 1.10 bits per heavy atom. The van der Waals surface area contributed by atoms with Gasteiger partial charge in [0, 0.05) is 37.9 Å². The van der Waals surface area contributed by atoms with E-state index in [1.54, 1.807) is 6.07 Å². The SMILES string of the molecule is CCOc1ccccc1N1CCN([C@H](C)C(=O)Nc2ccc3c(c2)OCO3)CC1. The molecule has 0 spiro atoms. The van der Waals surface area contributed by atoms with Crippen molar-refractivity contribution in [2.45, 2.75) is 19.9 Å². The fourth-order valence-corrected chi connectivity index (χ4v) is 3.73. The molecule has 2 aliphatic rings. The molecular formula is C22H27N3O4. The van der Waals surface area contributed by atoms with Crippen LogP contribution in [0.2, 0.25) is 0 Å². The summed E-state index contributed by atoms with van der Waals surface area (Å²) in [6.07, 6.45) is 0. The van der Waals surface area contributed by atoms with Gasteiger partial charge in [0.2, 0.25) is 12.7 Å². The molecule has 0 unspecified atom stereocenters. The zero-order valence-electron chi connectivity index (χ0n) is 16.9. The van der Waals surface area contributed by atoms with E-state index in [1.165, 1.54) is 0 Å². The predicted octanol–water partition coefficient (Wildman–Crippen LogP) is 2.96. The average molecular weight is 397 g/mol. The lowest BCUT2D eigenvalue weighted by Gasteiger charge is -2.39. The molecule has 2 heterocycles. The summed E-state index contributed by atoms with van der Waals surface area (Å²) in [5.74, 6) is 2.26. The third-order valence-corrected chi connectivity index (χ3v) is 5.39. The number of carbonyl (C=O) groups excluding carboxylic acids is 1. The van der Waals surface area contributed by atoms with Crippen molar-refractivity contribution in [3.05, 3.63) is 42.5 Å². The Kier molecular flexibility index (Phi) is 5.76. The maximum atomic E-state index is 12.7. The summed E-state index contributed by atoms with van der Waals surface area (Å²) in [4.78, 5) is 17.3. The van der Waals surface area contributed by atoms with Crippen molar-refractivity contribution in [3.8, 4) is 17.2 Å². The van der Waals surface area contributed by atoms with Crippen molar-refractivity contribution < 1.29 is 19.0 Å². The van der Waals surface area contributed by atoms with E-state index in [2.05, 4.69) is 21.2 Å².